The Morgan fingerprint density at radius 3 is 2.73 bits per heavy atom. The second kappa shape index (κ2) is 5.15. The van der Waals surface area contributed by atoms with Gasteiger partial charge in [0, 0.05) is 8.04 Å². The number of carboxylic acids is 1. The Bertz CT molecular complexity index is 400. The molecule has 82 valence electrons. The molecule has 0 saturated heterocycles. The third kappa shape index (κ3) is 3.33. The van der Waals surface area contributed by atoms with Crippen LogP contribution in [0.1, 0.15) is 17.8 Å². The fourth-order valence-electron chi connectivity index (χ4n) is 0.941. The van der Waals surface area contributed by atoms with Crippen LogP contribution >= 0.6 is 38.5 Å². The Hall–Kier alpha value is -0.310. The maximum absolute atomic E-state index is 12.4. The van der Waals surface area contributed by atoms with Crippen molar-refractivity contribution < 1.29 is 18.7 Å². The van der Waals surface area contributed by atoms with Gasteiger partial charge in [-0.1, -0.05) is 0 Å². The van der Waals surface area contributed by atoms with Gasteiger partial charge in [-0.3, -0.25) is 4.79 Å². The number of halogens is 4. The zero-order chi connectivity index (χ0) is 11.6. The van der Waals surface area contributed by atoms with Gasteiger partial charge in [0.05, 0.1) is 12.1 Å². The van der Waals surface area contributed by atoms with Crippen LogP contribution in [0.25, 0.3) is 0 Å². The van der Waals surface area contributed by atoms with E-state index >= 15 is 0 Å². The molecule has 3 nitrogen and oxygen atoms in total. The molecule has 1 N–H and O–H groups in total. The largest absolute Gasteiger partial charge is 0.481 e. The monoisotopic (exact) mass is 391 g/mol. The normalized spacial score (nSPS) is 10.7. The molecule has 0 aliphatic heterocycles. The lowest BCUT2D eigenvalue weighted by Gasteiger charge is -2.07. The zero-order valence-corrected chi connectivity index (χ0v) is 10.9. The van der Waals surface area contributed by atoms with Crippen LogP contribution in [-0.2, 0) is 11.2 Å². The van der Waals surface area contributed by atoms with Crippen molar-refractivity contribution in [2.24, 2.45) is 0 Å². The number of carbonyl (C=O) groups is 1. The minimum absolute atomic E-state index is 0.154. The van der Waals surface area contributed by atoms with Crippen LogP contribution in [0.5, 0.6) is 0 Å². The molecular formula is C8H5BrF2INO2. The van der Waals surface area contributed by atoms with E-state index in [4.69, 9.17) is 5.11 Å². The van der Waals surface area contributed by atoms with E-state index in [2.05, 4.69) is 20.9 Å². The number of pyridine rings is 1. The lowest BCUT2D eigenvalue weighted by atomic mass is 10.2. The van der Waals surface area contributed by atoms with Crippen LogP contribution < -0.4 is 0 Å². The van der Waals surface area contributed by atoms with Gasteiger partial charge in [-0.25, -0.2) is 13.8 Å². The molecule has 0 fully saturated rings. The van der Waals surface area contributed by atoms with Crippen molar-refractivity contribution in [2.75, 3.05) is 0 Å². The third-order valence-corrected chi connectivity index (χ3v) is 3.12. The number of aliphatic carboxylic acids is 1. The molecular weight excluding hydrogens is 387 g/mol. The van der Waals surface area contributed by atoms with E-state index in [1.165, 1.54) is 6.07 Å². The lowest BCUT2D eigenvalue weighted by molar-refractivity contribution is -0.136. The lowest BCUT2D eigenvalue weighted by Crippen LogP contribution is -2.07. The van der Waals surface area contributed by atoms with Crippen molar-refractivity contribution in [3.8, 4) is 0 Å². The highest BCUT2D eigenvalue weighted by molar-refractivity contribution is 14.1. The first-order chi connectivity index (χ1) is 6.91. The Morgan fingerprint density at radius 2 is 2.27 bits per heavy atom. The molecule has 7 heteroatoms. The maximum Gasteiger partial charge on any atom is 0.309 e. The first-order valence-electron chi connectivity index (χ1n) is 3.76. The first kappa shape index (κ1) is 12.8. The molecule has 0 aliphatic rings. The predicted molar refractivity (Wildman–Crippen MR) is 61.0 cm³/mol. The Labute approximate surface area is 106 Å². The number of hydrogen-bond acceptors (Lipinski definition) is 2. The van der Waals surface area contributed by atoms with Gasteiger partial charge in [-0.05, 0) is 44.6 Å². The minimum Gasteiger partial charge on any atom is -0.481 e. The molecule has 1 rings (SSSR count). The molecule has 0 saturated carbocycles. The van der Waals surface area contributed by atoms with Crippen molar-refractivity contribution in [3.05, 3.63) is 25.5 Å². The zero-order valence-electron chi connectivity index (χ0n) is 7.18. The van der Waals surface area contributed by atoms with Crippen LogP contribution in [0.2, 0.25) is 0 Å². The molecule has 1 aromatic rings. The Balaban J connectivity index is 3.17. The van der Waals surface area contributed by atoms with Crippen LogP contribution in [0.4, 0.5) is 8.78 Å². The highest BCUT2D eigenvalue weighted by atomic mass is 127. The number of hydrogen-bond donors (Lipinski definition) is 1. The van der Waals surface area contributed by atoms with E-state index in [0.29, 0.717) is 3.57 Å². The summed E-state index contributed by atoms with van der Waals surface area (Å²) in [5, 5.41) is 8.55. The van der Waals surface area contributed by atoms with Crippen LogP contribution in [0, 0.1) is 3.57 Å². The Kier molecular flexibility index (Phi) is 4.38. The number of alkyl halides is 2. The average Bonchev–Trinajstić information content (AvgIpc) is 2.08. The molecule has 1 heterocycles. The van der Waals surface area contributed by atoms with Crippen molar-refractivity contribution >= 4 is 44.5 Å². The van der Waals surface area contributed by atoms with Gasteiger partial charge in [0.25, 0.3) is 6.43 Å². The fraction of sp³-hybridized carbons (Fsp3) is 0.250. The van der Waals surface area contributed by atoms with E-state index in [9.17, 15) is 13.6 Å². The second-order valence-electron chi connectivity index (χ2n) is 2.66. The van der Waals surface area contributed by atoms with Crippen molar-refractivity contribution in [3.63, 3.8) is 0 Å². The first-order valence-corrected chi connectivity index (χ1v) is 5.63. The SMILES string of the molecule is O=C(O)Cc1nc(C(F)F)c(Br)cc1I. The number of aromatic nitrogens is 1. The summed E-state index contributed by atoms with van der Waals surface area (Å²) in [6, 6.07) is 1.44. The smallest absolute Gasteiger partial charge is 0.309 e. The van der Waals surface area contributed by atoms with E-state index < -0.39 is 18.1 Å². The summed E-state index contributed by atoms with van der Waals surface area (Å²) in [6.07, 6.45) is -3.07. The summed E-state index contributed by atoms with van der Waals surface area (Å²) in [4.78, 5) is 14.1. The van der Waals surface area contributed by atoms with E-state index in [1.807, 2.05) is 22.6 Å². The summed E-state index contributed by atoms with van der Waals surface area (Å²) in [5.41, 5.74) is -0.270. The van der Waals surface area contributed by atoms with E-state index in [1.54, 1.807) is 0 Å². The highest BCUT2D eigenvalue weighted by Gasteiger charge is 2.17. The number of rotatable bonds is 3. The molecule has 15 heavy (non-hydrogen) atoms. The molecule has 0 amide bonds. The highest BCUT2D eigenvalue weighted by Crippen LogP contribution is 2.28. The molecule has 0 atom stereocenters. The van der Waals surface area contributed by atoms with Gasteiger partial charge in [-0.15, -0.1) is 0 Å². The van der Waals surface area contributed by atoms with Crippen molar-refractivity contribution in [1.29, 1.82) is 0 Å². The topological polar surface area (TPSA) is 50.2 Å². The van der Waals surface area contributed by atoms with Gasteiger partial charge in [0.2, 0.25) is 0 Å². The maximum atomic E-state index is 12.4. The quantitative estimate of drug-likeness (QED) is 0.806. The van der Waals surface area contributed by atoms with E-state index in [-0.39, 0.29) is 16.6 Å². The Morgan fingerprint density at radius 1 is 1.67 bits per heavy atom. The summed E-state index contributed by atoms with van der Waals surface area (Å²) in [5.74, 6) is -1.09. The van der Waals surface area contributed by atoms with Crippen molar-refractivity contribution in [1.82, 2.24) is 4.98 Å². The van der Waals surface area contributed by atoms with E-state index in [0.717, 1.165) is 0 Å². The minimum atomic E-state index is -2.72. The molecule has 1 aromatic heterocycles. The molecule has 0 spiro atoms. The van der Waals surface area contributed by atoms with Gasteiger partial charge in [-0.2, -0.15) is 0 Å². The fourth-order valence-corrected chi connectivity index (χ4v) is 2.48. The summed E-state index contributed by atoms with van der Waals surface area (Å²) < 4.78 is 25.6. The molecule has 0 unspecified atom stereocenters. The molecule has 0 aromatic carbocycles. The van der Waals surface area contributed by atoms with Crippen LogP contribution in [0.3, 0.4) is 0 Å². The van der Waals surface area contributed by atoms with Crippen LogP contribution in [-0.4, -0.2) is 16.1 Å². The van der Waals surface area contributed by atoms with Gasteiger partial charge in [0.15, 0.2) is 0 Å². The predicted octanol–water partition coefficient (Wildman–Crippen LogP) is 3.01. The number of nitrogens with zero attached hydrogens (tertiary/aromatic N) is 1. The molecule has 0 aliphatic carbocycles. The summed E-state index contributed by atoms with van der Waals surface area (Å²) in [7, 11) is 0. The summed E-state index contributed by atoms with van der Waals surface area (Å²) >= 11 is 4.81. The summed E-state index contributed by atoms with van der Waals surface area (Å²) in [6.45, 7) is 0. The second-order valence-corrected chi connectivity index (χ2v) is 4.67. The average molecular weight is 392 g/mol. The number of carboxylic acid groups (broad SMARTS) is 1. The van der Waals surface area contributed by atoms with Crippen LogP contribution in [0.15, 0.2) is 10.5 Å². The molecule has 0 bridgehead atoms. The standard InChI is InChI=1S/C8H5BrF2INO2/c9-3-1-4(12)5(2-6(14)15)13-7(3)8(10)11/h1,8H,2H2,(H,14,15). The third-order valence-electron chi connectivity index (χ3n) is 1.55. The van der Waals surface area contributed by atoms with Gasteiger partial charge < -0.3 is 5.11 Å². The van der Waals surface area contributed by atoms with Gasteiger partial charge in [0.1, 0.15) is 5.69 Å². The molecule has 0 radical (unpaired) electrons. The van der Waals surface area contributed by atoms with Gasteiger partial charge >= 0.3 is 5.97 Å². The van der Waals surface area contributed by atoms with Crippen molar-refractivity contribution in [2.45, 2.75) is 12.8 Å².